The summed E-state index contributed by atoms with van der Waals surface area (Å²) in [6.45, 7) is 2.23. The van der Waals surface area contributed by atoms with Gasteiger partial charge in [-0.25, -0.2) is 9.98 Å². The first-order chi connectivity index (χ1) is 27.1. The first kappa shape index (κ1) is 32.8. The Morgan fingerprint density at radius 2 is 1.13 bits per heavy atom. The van der Waals surface area contributed by atoms with Gasteiger partial charge in [-0.05, 0) is 74.3 Å². The highest BCUT2D eigenvalue weighted by atomic mass is 16.3. The van der Waals surface area contributed by atoms with Gasteiger partial charge in [0.1, 0.15) is 23.3 Å². The highest BCUT2D eigenvalue weighted by molar-refractivity contribution is 6.13. The molecule has 10 rings (SSSR count). The lowest BCUT2D eigenvalue weighted by molar-refractivity contribution is 0.383. The van der Waals surface area contributed by atoms with Gasteiger partial charge in [-0.1, -0.05) is 165 Å². The molecule has 0 bridgehead atoms. The predicted octanol–water partition coefficient (Wildman–Crippen LogP) is 12.9. The molecule has 55 heavy (non-hydrogen) atoms. The van der Waals surface area contributed by atoms with E-state index in [0.717, 1.165) is 57.3 Å². The minimum absolute atomic E-state index is 0.206. The Balaban J connectivity index is 0.936. The van der Waals surface area contributed by atoms with E-state index in [9.17, 15) is 0 Å². The van der Waals surface area contributed by atoms with Crippen molar-refractivity contribution in [3.8, 4) is 33.4 Å². The molecule has 2 heterocycles. The van der Waals surface area contributed by atoms with E-state index in [4.69, 9.17) is 14.4 Å². The second-order valence-corrected chi connectivity index (χ2v) is 14.7. The Labute approximate surface area is 321 Å². The monoisotopic (exact) mass is 709 g/mol. The van der Waals surface area contributed by atoms with E-state index in [-0.39, 0.29) is 6.17 Å². The second-order valence-electron chi connectivity index (χ2n) is 14.7. The summed E-state index contributed by atoms with van der Waals surface area (Å²) in [4.78, 5) is 12.6. The molecule has 0 saturated heterocycles. The number of hydrogen-bond acceptors (Lipinski definition) is 4. The molecule has 0 radical (unpaired) electrons. The molecule has 0 saturated carbocycles. The highest BCUT2D eigenvalue weighted by Gasteiger charge is 2.27. The van der Waals surface area contributed by atoms with Gasteiger partial charge in [0.2, 0.25) is 0 Å². The third kappa shape index (κ3) is 6.06. The Hall–Kier alpha value is -6.78. The third-order valence-electron chi connectivity index (χ3n) is 11.2. The van der Waals surface area contributed by atoms with Gasteiger partial charge in [0.15, 0.2) is 5.84 Å². The zero-order valence-corrected chi connectivity index (χ0v) is 30.9. The van der Waals surface area contributed by atoms with Crippen LogP contribution in [0.5, 0.6) is 0 Å². The quantitative estimate of drug-likeness (QED) is 0.172. The van der Waals surface area contributed by atoms with E-state index in [1.165, 1.54) is 44.0 Å². The number of aliphatic imine (C=N–C) groups is 2. The molecule has 0 fully saturated rings. The van der Waals surface area contributed by atoms with Crippen LogP contribution in [0.1, 0.15) is 53.4 Å². The van der Waals surface area contributed by atoms with Crippen molar-refractivity contribution in [2.45, 2.75) is 25.4 Å². The molecule has 2 atom stereocenters. The third-order valence-corrected chi connectivity index (χ3v) is 11.2. The van der Waals surface area contributed by atoms with E-state index in [1.54, 1.807) is 0 Å². The SMILES string of the molecule is CC1CC=Cc2c1oc1ccc(-c3ccc(-c4ccc(C5=NC(c6ccccc6)N(C)C(c6ccc(-c7ccc8ccccc8c7)cc6)=N5)cc4)cc3)cc21. The van der Waals surface area contributed by atoms with Gasteiger partial charge >= 0.3 is 0 Å². The summed E-state index contributed by atoms with van der Waals surface area (Å²) in [5, 5.41) is 3.67. The molecule has 0 amide bonds. The molecule has 1 aliphatic carbocycles. The number of benzene rings is 7. The molecule has 1 aromatic heterocycles. The first-order valence-corrected chi connectivity index (χ1v) is 19.0. The van der Waals surface area contributed by atoms with E-state index in [0.29, 0.717) is 5.92 Å². The van der Waals surface area contributed by atoms with Crippen molar-refractivity contribution < 1.29 is 4.42 Å². The normalized spacial score (nSPS) is 16.6. The van der Waals surface area contributed by atoms with Crippen LogP contribution in [0.2, 0.25) is 0 Å². The molecule has 4 heteroatoms. The molecule has 2 unspecified atom stereocenters. The highest BCUT2D eigenvalue weighted by Crippen LogP contribution is 2.39. The minimum Gasteiger partial charge on any atom is -0.460 e. The zero-order chi connectivity index (χ0) is 36.9. The van der Waals surface area contributed by atoms with Crippen LogP contribution >= 0.6 is 0 Å². The maximum absolute atomic E-state index is 6.25. The van der Waals surface area contributed by atoms with Crippen LogP contribution in [0.15, 0.2) is 184 Å². The molecule has 264 valence electrons. The number of allylic oxidation sites excluding steroid dienone is 1. The van der Waals surface area contributed by atoms with Crippen LogP contribution in [-0.2, 0) is 0 Å². The fourth-order valence-electron chi connectivity index (χ4n) is 8.05. The van der Waals surface area contributed by atoms with Crippen molar-refractivity contribution >= 4 is 39.5 Å². The van der Waals surface area contributed by atoms with Crippen LogP contribution in [0.25, 0.3) is 61.2 Å². The van der Waals surface area contributed by atoms with Gasteiger partial charge in [0.05, 0.1) is 0 Å². The molecular weight excluding hydrogens is 671 g/mol. The zero-order valence-electron chi connectivity index (χ0n) is 30.9. The molecule has 2 aliphatic rings. The number of hydrogen-bond donors (Lipinski definition) is 0. The van der Waals surface area contributed by atoms with Crippen molar-refractivity contribution in [1.82, 2.24) is 4.90 Å². The summed E-state index contributed by atoms with van der Waals surface area (Å²) < 4.78 is 6.25. The molecule has 0 spiro atoms. The van der Waals surface area contributed by atoms with Crippen molar-refractivity contribution in [2.24, 2.45) is 9.98 Å². The van der Waals surface area contributed by atoms with Crippen molar-refractivity contribution in [3.05, 3.63) is 198 Å². The lowest BCUT2D eigenvalue weighted by Gasteiger charge is -2.32. The average Bonchev–Trinajstić information content (AvgIpc) is 3.63. The molecular formula is C51H39N3O. The number of amidine groups is 2. The topological polar surface area (TPSA) is 41.1 Å². The maximum Gasteiger partial charge on any atom is 0.159 e. The van der Waals surface area contributed by atoms with E-state index in [1.807, 2.05) is 6.07 Å². The second kappa shape index (κ2) is 13.6. The van der Waals surface area contributed by atoms with Crippen LogP contribution in [0.3, 0.4) is 0 Å². The summed E-state index contributed by atoms with van der Waals surface area (Å²) in [5.41, 5.74) is 12.4. The van der Waals surface area contributed by atoms with E-state index in [2.05, 4.69) is 189 Å². The van der Waals surface area contributed by atoms with E-state index >= 15 is 0 Å². The van der Waals surface area contributed by atoms with Crippen LogP contribution in [0.4, 0.5) is 0 Å². The lowest BCUT2D eigenvalue weighted by atomic mass is 9.93. The number of nitrogens with zero attached hydrogens (tertiary/aromatic N) is 3. The van der Waals surface area contributed by atoms with E-state index < -0.39 is 0 Å². The Morgan fingerprint density at radius 3 is 1.84 bits per heavy atom. The van der Waals surface area contributed by atoms with Gasteiger partial charge in [0, 0.05) is 35.0 Å². The fraction of sp³-hybridized carbons (Fsp3) is 0.0980. The van der Waals surface area contributed by atoms with Crippen LogP contribution < -0.4 is 0 Å². The summed E-state index contributed by atoms with van der Waals surface area (Å²) in [6.07, 6.45) is 5.29. The van der Waals surface area contributed by atoms with Crippen molar-refractivity contribution in [2.75, 3.05) is 7.05 Å². The maximum atomic E-state index is 6.25. The van der Waals surface area contributed by atoms with Crippen molar-refractivity contribution in [3.63, 3.8) is 0 Å². The Morgan fingerprint density at radius 1 is 0.564 bits per heavy atom. The van der Waals surface area contributed by atoms with Gasteiger partial charge in [-0.15, -0.1) is 0 Å². The predicted molar refractivity (Wildman–Crippen MR) is 229 cm³/mol. The molecule has 4 nitrogen and oxygen atoms in total. The van der Waals surface area contributed by atoms with Gasteiger partial charge in [-0.3, -0.25) is 0 Å². The van der Waals surface area contributed by atoms with Gasteiger partial charge in [-0.2, -0.15) is 0 Å². The molecule has 1 aliphatic heterocycles. The number of fused-ring (bicyclic) bond motifs is 4. The number of rotatable bonds is 6. The smallest absolute Gasteiger partial charge is 0.159 e. The standard InChI is InChI=1S/C51H39N3O/c1-33-9-8-14-45-46-32-44(29-30-47(46)55-48(33)45)38-17-15-35(16-18-38)36-19-24-39(25-20-36)49-52-50(40-11-4-3-5-12-40)54(2)51(53-49)41-26-21-37(22-27-41)43-28-23-34-10-6-7-13-42(34)31-43/h3-8,10-33,50H,9H2,1-2H3. The minimum atomic E-state index is -0.206. The average molecular weight is 710 g/mol. The summed E-state index contributed by atoms with van der Waals surface area (Å²) in [5.74, 6) is 3.13. The summed E-state index contributed by atoms with van der Waals surface area (Å²) in [6, 6.07) is 58.4. The largest absolute Gasteiger partial charge is 0.460 e. The molecule has 0 N–H and O–H groups in total. The van der Waals surface area contributed by atoms with Crippen molar-refractivity contribution in [1.29, 1.82) is 0 Å². The van der Waals surface area contributed by atoms with Crippen LogP contribution in [-0.4, -0.2) is 23.6 Å². The first-order valence-electron chi connectivity index (χ1n) is 19.0. The lowest BCUT2D eigenvalue weighted by Crippen LogP contribution is -2.35. The Kier molecular flexibility index (Phi) is 8.10. The Bertz CT molecular complexity index is 2790. The molecule has 7 aromatic carbocycles. The fourth-order valence-corrected chi connectivity index (χ4v) is 8.05. The molecule has 8 aromatic rings. The summed E-state index contributed by atoms with van der Waals surface area (Å²) >= 11 is 0. The summed E-state index contributed by atoms with van der Waals surface area (Å²) in [7, 11) is 2.08. The van der Waals surface area contributed by atoms with Gasteiger partial charge < -0.3 is 9.32 Å². The number of furan rings is 1. The van der Waals surface area contributed by atoms with Gasteiger partial charge in [0.25, 0.3) is 0 Å². The van der Waals surface area contributed by atoms with Crippen LogP contribution in [0, 0.1) is 0 Å².